The van der Waals surface area contributed by atoms with Gasteiger partial charge in [-0.25, -0.2) is 0 Å². The fourth-order valence-corrected chi connectivity index (χ4v) is 2.02. The third kappa shape index (κ3) is 4.37. The van der Waals surface area contributed by atoms with Crippen LogP contribution in [0.2, 0.25) is 0 Å². The van der Waals surface area contributed by atoms with Crippen molar-refractivity contribution in [2.24, 2.45) is 0 Å². The highest BCUT2D eigenvalue weighted by Crippen LogP contribution is 2.25. The Morgan fingerprint density at radius 1 is 1.29 bits per heavy atom. The number of nitrogens with one attached hydrogen (secondary N) is 1. The summed E-state index contributed by atoms with van der Waals surface area (Å²) in [7, 11) is 5.00. The molecule has 0 unspecified atom stereocenters. The molecule has 0 bridgehead atoms. The maximum absolute atomic E-state index is 12.1. The smallest absolute Gasteiger partial charge is 0.253 e. The predicted octanol–water partition coefficient (Wildman–Crippen LogP) is 0.933. The van der Waals surface area contributed by atoms with E-state index < -0.39 is 0 Å². The SMILES string of the molecule is CCCN(CC(=O)NC)c1cc(C(=O)N(C)C)ccc1N. The maximum Gasteiger partial charge on any atom is 0.253 e. The molecule has 1 aromatic rings. The number of hydrogen-bond acceptors (Lipinski definition) is 4. The van der Waals surface area contributed by atoms with E-state index in [0.717, 1.165) is 6.42 Å². The van der Waals surface area contributed by atoms with Crippen LogP contribution in [0, 0.1) is 0 Å². The van der Waals surface area contributed by atoms with Gasteiger partial charge >= 0.3 is 0 Å². The van der Waals surface area contributed by atoms with Crippen LogP contribution < -0.4 is 16.0 Å². The quantitative estimate of drug-likeness (QED) is 0.765. The lowest BCUT2D eigenvalue weighted by Gasteiger charge is -2.25. The largest absolute Gasteiger partial charge is 0.397 e. The molecule has 0 aromatic heterocycles. The number of hydrogen-bond donors (Lipinski definition) is 2. The molecule has 0 radical (unpaired) electrons. The van der Waals surface area contributed by atoms with Crippen molar-refractivity contribution in [3.63, 3.8) is 0 Å². The summed E-state index contributed by atoms with van der Waals surface area (Å²) in [6.45, 7) is 2.94. The van der Waals surface area contributed by atoms with E-state index in [0.29, 0.717) is 23.5 Å². The third-order valence-electron chi connectivity index (χ3n) is 3.13. The first-order chi connectivity index (χ1) is 9.90. The molecular weight excluding hydrogens is 268 g/mol. The van der Waals surface area contributed by atoms with Gasteiger partial charge in [-0.1, -0.05) is 6.92 Å². The van der Waals surface area contributed by atoms with Crippen LogP contribution in [0.4, 0.5) is 11.4 Å². The molecule has 21 heavy (non-hydrogen) atoms. The van der Waals surface area contributed by atoms with Crippen LogP contribution in [0.5, 0.6) is 0 Å². The zero-order chi connectivity index (χ0) is 16.0. The molecule has 0 aliphatic heterocycles. The molecule has 3 N–H and O–H groups in total. The van der Waals surface area contributed by atoms with Crippen molar-refractivity contribution in [3.05, 3.63) is 23.8 Å². The minimum Gasteiger partial charge on any atom is -0.397 e. The van der Waals surface area contributed by atoms with Gasteiger partial charge in [0, 0.05) is 33.3 Å². The minimum absolute atomic E-state index is 0.0901. The molecule has 6 heteroatoms. The van der Waals surface area contributed by atoms with E-state index in [2.05, 4.69) is 5.32 Å². The first-order valence-electron chi connectivity index (χ1n) is 6.97. The number of likely N-dealkylation sites (N-methyl/N-ethyl adjacent to an activating group) is 1. The molecule has 0 aliphatic carbocycles. The van der Waals surface area contributed by atoms with Crippen LogP contribution >= 0.6 is 0 Å². The van der Waals surface area contributed by atoms with Gasteiger partial charge in [-0.3, -0.25) is 9.59 Å². The summed E-state index contributed by atoms with van der Waals surface area (Å²) in [5.74, 6) is -0.181. The summed E-state index contributed by atoms with van der Waals surface area (Å²) >= 11 is 0. The number of amides is 2. The topological polar surface area (TPSA) is 78.7 Å². The normalized spacial score (nSPS) is 10.1. The van der Waals surface area contributed by atoms with Gasteiger partial charge in [0.2, 0.25) is 5.91 Å². The van der Waals surface area contributed by atoms with Gasteiger partial charge in [-0.05, 0) is 24.6 Å². The van der Waals surface area contributed by atoms with Crippen molar-refractivity contribution in [1.82, 2.24) is 10.2 Å². The zero-order valence-electron chi connectivity index (χ0n) is 13.1. The molecule has 116 valence electrons. The van der Waals surface area contributed by atoms with Gasteiger partial charge in [-0.15, -0.1) is 0 Å². The lowest BCUT2D eigenvalue weighted by Crippen LogP contribution is -2.36. The first-order valence-corrected chi connectivity index (χ1v) is 6.97. The van der Waals surface area contributed by atoms with Gasteiger partial charge in [0.05, 0.1) is 17.9 Å². The molecular formula is C15H24N4O2. The number of benzene rings is 1. The Morgan fingerprint density at radius 2 is 1.95 bits per heavy atom. The highest BCUT2D eigenvalue weighted by molar-refractivity contribution is 5.96. The summed E-state index contributed by atoms with van der Waals surface area (Å²) in [6.07, 6.45) is 0.877. The molecule has 1 rings (SSSR count). The average Bonchev–Trinajstić information content (AvgIpc) is 2.46. The van der Waals surface area contributed by atoms with Crippen LogP contribution in [-0.2, 0) is 4.79 Å². The number of nitrogen functional groups attached to an aromatic ring is 1. The maximum atomic E-state index is 12.1. The van der Waals surface area contributed by atoms with Crippen LogP contribution in [0.3, 0.4) is 0 Å². The van der Waals surface area contributed by atoms with Crippen molar-refractivity contribution >= 4 is 23.2 Å². The van der Waals surface area contributed by atoms with Crippen LogP contribution in [-0.4, -0.2) is 50.9 Å². The molecule has 0 saturated heterocycles. The first kappa shape index (κ1) is 16.8. The Kier molecular flexibility index (Phi) is 6.02. The van der Waals surface area contributed by atoms with E-state index in [1.807, 2.05) is 11.8 Å². The summed E-state index contributed by atoms with van der Waals surface area (Å²) in [6, 6.07) is 5.15. The molecule has 0 aliphatic rings. The number of nitrogens with two attached hydrogens (primary N) is 1. The van der Waals surface area contributed by atoms with E-state index in [1.54, 1.807) is 39.3 Å². The van der Waals surface area contributed by atoms with Crippen molar-refractivity contribution in [3.8, 4) is 0 Å². The fourth-order valence-electron chi connectivity index (χ4n) is 2.02. The van der Waals surface area contributed by atoms with Crippen molar-refractivity contribution in [2.45, 2.75) is 13.3 Å². The second-order valence-electron chi connectivity index (χ2n) is 5.07. The summed E-state index contributed by atoms with van der Waals surface area (Å²) in [4.78, 5) is 27.1. The summed E-state index contributed by atoms with van der Waals surface area (Å²) in [5.41, 5.74) is 7.85. The van der Waals surface area contributed by atoms with E-state index in [-0.39, 0.29) is 18.4 Å². The van der Waals surface area contributed by atoms with Crippen LogP contribution in [0.15, 0.2) is 18.2 Å². The molecule has 0 heterocycles. The highest BCUT2D eigenvalue weighted by Gasteiger charge is 2.16. The van der Waals surface area contributed by atoms with E-state index >= 15 is 0 Å². The second kappa shape index (κ2) is 7.52. The van der Waals surface area contributed by atoms with Crippen LogP contribution in [0.1, 0.15) is 23.7 Å². The van der Waals surface area contributed by atoms with Gasteiger partial charge in [0.1, 0.15) is 0 Å². The lowest BCUT2D eigenvalue weighted by atomic mass is 10.1. The molecule has 0 atom stereocenters. The Bertz CT molecular complexity index is 514. The van der Waals surface area contributed by atoms with Crippen LogP contribution in [0.25, 0.3) is 0 Å². The number of rotatable bonds is 6. The van der Waals surface area contributed by atoms with Crippen molar-refractivity contribution in [2.75, 3.05) is 44.9 Å². The molecule has 0 spiro atoms. The van der Waals surface area contributed by atoms with Gasteiger partial charge < -0.3 is 20.9 Å². The molecule has 0 fully saturated rings. The Balaban J connectivity index is 3.14. The lowest BCUT2D eigenvalue weighted by molar-refractivity contribution is -0.119. The standard InChI is InChI=1S/C15H24N4O2/c1-5-8-19(10-14(20)17-2)13-9-11(6-7-12(13)16)15(21)18(3)4/h6-7,9H,5,8,10,16H2,1-4H3,(H,17,20). The Morgan fingerprint density at radius 3 is 2.48 bits per heavy atom. The van der Waals surface area contributed by atoms with E-state index in [9.17, 15) is 9.59 Å². The highest BCUT2D eigenvalue weighted by atomic mass is 16.2. The number of anilines is 2. The molecule has 0 saturated carbocycles. The molecule has 6 nitrogen and oxygen atoms in total. The predicted molar refractivity (Wildman–Crippen MR) is 85.4 cm³/mol. The fraction of sp³-hybridized carbons (Fsp3) is 0.467. The van der Waals surface area contributed by atoms with Crippen molar-refractivity contribution < 1.29 is 9.59 Å². The number of carbonyl (C=O) groups is 2. The second-order valence-corrected chi connectivity index (χ2v) is 5.07. The minimum atomic E-state index is -0.0906. The zero-order valence-corrected chi connectivity index (χ0v) is 13.1. The number of carbonyl (C=O) groups excluding carboxylic acids is 2. The third-order valence-corrected chi connectivity index (χ3v) is 3.13. The monoisotopic (exact) mass is 292 g/mol. The van der Waals surface area contributed by atoms with Gasteiger partial charge in [0.15, 0.2) is 0 Å². The molecule has 1 aromatic carbocycles. The van der Waals surface area contributed by atoms with Gasteiger partial charge in [0.25, 0.3) is 5.91 Å². The Hall–Kier alpha value is -2.24. The molecule has 2 amide bonds. The van der Waals surface area contributed by atoms with Gasteiger partial charge in [-0.2, -0.15) is 0 Å². The van der Waals surface area contributed by atoms with E-state index in [4.69, 9.17) is 5.73 Å². The summed E-state index contributed by atoms with van der Waals surface area (Å²) < 4.78 is 0. The average molecular weight is 292 g/mol. The summed E-state index contributed by atoms with van der Waals surface area (Å²) in [5, 5.41) is 2.60. The number of nitrogens with zero attached hydrogens (tertiary/aromatic N) is 2. The Labute approximate surface area is 125 Å². The van der Waals surface area contributed by atoms with E-state index in [1.165, 1.54) is 4.90 Å². The van der Waals surface area contributed by atoms with Crippen molar-refractivity contribution in [1.29, 1.82) is 0 Å².